The minimum atomic E-state index is -3.96. The van der Waals surface area contributed by atoms with Crippen LogP contribution in [0, 0.1) is 23.1 Å². The lowest BCUT2D eigenvalue weighted by atomic mass is 9.91. The van der Waals surface area contributed by atoms with Gasteiger partial charge in [0.05, 0.1) is 17.3 Å². The molecule has 2 aromatic carbocycles. The number of likely N-dealkylation sites (N-methyl/N-ethyl adjacent to an activating group) is 1. The van der Waals surface area contributed by atoms with Crippen LogP contribution in [0.5, 0.6) is 0 Å². The molecule has 48 heavy (non-hydrogen) atoms. The van der Waals surface area contributed by atoms with E-state index >= 15 is 4.39 Å². The summed E-state index contributed by atoms with van der Waals surface area (Å²) in [5, 5.41) is 13.4. The third-order valence-corrected chi connectivity index (χ3v) is 10.2. The molecule has 1 saturated heterocycles. The van der Waals surface area contributed by atoms with E-state index in [2.05, 4.69) is 20.3 Å². The van der Waals surface area contributed by atoms with Gasteiger partial charge in [0.2, 0.25) is 17.7 Å². The number of hydrogen-bond acceptors (Lipinski definition) is 7. The van der Waals surface area contributed by atoms with Crippen LogP contribution in [0.15, 0.2) is 42.5 Å². The summed E-state index contributed by atoms with van der Waals surface area (Å²) >= 11 is 0.564. The molecular formula is C34H41F3N6O4S. The van der Waals surface area contributed by atoms with Crippen LogP contribution in [0.2, 0.25) is 0 Å². The maximum absolute atomic E-state index is 15.5. The molecule has 2 aliphatic rings. The standard InChI is InChI=1S/C34H41F3N6O4S/c1-4-28(44)40-29(32(46)43-16-14-42(3)15-17-43)21(2)24-12-13-27(26(35)19-24)39-31(45)30(23-9-5-6-10-23)48-41-33(47)34(36,37)25-11-7-8-22(18-25)20-38/h7-8,11-13,18-19,21,23,29-30H,4-6,9-10,14-17H2,1-3H3,(H,39,45)(H,40,44)(H,41,47)/t21-,29+,30-/m0/s1. The van der Waals surface area contributed by atoms with Gasteiger partial charge in [0.25, 0.3) is 0 Å². The van der Waals surface area contributed by atoms with Crippen LogP contribution in [-0.2, 0) is 25.1 Å². The summed E-state index contributed by atoms with van der Waals surface area (Å²) < 4.78 is 47.6. The zero-order valence-corrected chi connectivity index (χ0v) is 28.0. The van der Waals surface area contributed by atoms with E-state index in [1.54, 1.807) is 30.9 Å². The van der Waals surface area contributed by atoms with Crippen LogP contribution in [0.4, 0.5) is 18.9 Å². The Balaban J connectivity index is 1.47. The lowest BCUT2D eigenvalue weighted by Crippen LogP contribution is -2.55. The second kappa shape index (κ2) is 16.3. The number of halogens is 3. The van der Waals surface area contributed by atoms with Crippen molar-refractivity contribution in [2.24, 2.45) is 5.92 Å². The number of nitrogens with one attached hydrogen (secondary N) is 3. The highest BCUT2D eigenvalue weighted by molar-refractivity contribution is 7.99. The van der Waals surface area contributed by atoms with Crippen molar-refractivity contribution in [1.82, 2.24) is 19.8 Å². The number of alkyl halides is 2. The van der Waals surface area contributed by atoms with Gasteiger partial charge in [0.15, 0.2) is 0 Å². The number of rotatable bonds is 12. The zero-order valence-electron chi connectivity index (χ0n) is 27.2. The van der Waals surface area contributed by atoms with Crippen molar-refractivity contribution in [1.29, 1.82) is 5.26 Å². The smallest absolute Gasteiger partial charge is 0.344 e. The molecule has 3 atom stereocenters. The summed E-state index contributed by atoms with van der Waals surface area (Å²) in [4.78, 5) is 55.7. The molecule has 0 unspecified atom stereocenters. The molecule has 258 valence electrons. The fraction of sp³-hybridized carbons (Fsp3) is 0.500. The average molecular weight is 687 g/mol. The van der Waals surface area contributed by atoms with Crippen molar-refractivity contribution in [2.45, 2.75) is 69.1 Å². The van der Waals surface area contributed by atoms with Crippen LogP contribution < -0.4 is 15.4 Å². The van der Waals surface area contributed by atoms with Crippen LogP contribution >= 0.6 is 11.9 Å². The fourth-order valence-electron chi connectivity index (χ4n) is 5.93. The van der Waals surface area contributed by atoms with Crippen molar-refractivity contribution in [3.05, 3.63) is 65.0 Å². The number of benzene rings is 2. The molecule has 1 heterocycles. The Morgan fingerprint density at radius 3 is 2.38 bits per heavy atom. The Bertz CT molecular complexity index is 1540. The normalized spacial score (nSPS) is 17.6. The lowest BCUT2D eigenvalue weighted by molar-refractivity contribution is -0.144. The summed E-state index contributed by atoms with van der Waals surface area (Å²) in [6.07, 6.45) is 3.08. The monoisotopic (exact) mass is 686 g/mol. The predicted molar refractivity (Wildman–Crippen MR) is 176 cm³/mol. The van der Waals surface area contributed by atoms with Gasteiger partial charge in [-0.15, -0.1) is 0 Å². The van der Waals surface area contributed by atoms with E-state index in [1.165, 1.54) is 24.3 Å². The number of carbonyl (C=O) groups excluding carboxylic acids is 4. The van der Waals surface area contributed by atoms with Crippen LogP contribution in [0.3, 0.4) is 0 Å². The van der Waals surface area contributed by atoms with Crippen molar-refractivity contribution in [3.8, 4) is 6.07 Å². The third kappa shape index (κ3) is 8.87. The van der Waals surface area contributed by atoms with E-state index in [1.807, 2.05) is 7.05 Å². The van der Waals surface area contributed by atoms with Crippen molar-refractivity contribution in [3.63, 3.8) is 0 Å². The molecule has 4 rings (SSSR count). The van der Waals surface area contributed by atoms with E-state index in [0.29, 0.717) is 56.5 Å². The quantitative estimate of drug-likeness (QED) is 0.280. The summed E-state index contributed by atoms with van der Waals surface area (Å²) in [6.45, 7) is 5.81. The maximum Gasteiger partial charge on any atom is 0.350 e. The number of piperazine rings is 1. The highest BCUT2D eigenvalue weighted by Gasteiger charge is 2.43. The van der Waals surface area contributed by atoms with Gasteiger partial charge in [-0.1, -0.05) is 44.9 Å². The van der Waals surface area contributed by atoms with Crippen molar-refractivity contribution < 1.29 is 32.3 Å². The Morgan fingerprint density at radius 2 is 1.75 bits per heavy atom. The van der Waals surface area contributed by atoms with Crippen molar-refractivity contribution in [2.75, 3.05) is 38.5 Å². The third-order valence-electron chi connectivity index (χ3n) is 9.00. The molecule has 4 amide bonds. The number of nitriles is 1. The van der Waals surface area contributed by atoms with E-state index in [-0.39, 0.29) is 35.4 Å². The second-order valence-electron chi connectivity index (χ2n) is 12.3. The average Bonchev–Trinajstić information content (AvgIpc) is 3.62. The molecule has 0 bridgehead atoms. The van der Waals surface area contributed by atoms with Crippen LogP contribution in [-0.4, -0.2) is 77.9 Å². The zero-order chi connectivity index (χ0) is 35.0. The molecule has 1 aliphatic carbocycles. The van der Waals surface area contributed by atoms with Gasteiger partial charge in [-0.3, -0.25) is 23.9 Å². The van der Waals surface area contributed by atoms with Gasteiger partial charge >= 0.3 is 11.8 Å². The molecular weight excluding hydrogens is 645 g/mol. The molecule has 1 saturated carbocycles. The Hall–Kier alpha value is -4.09. The number of amides is 4. The number of anilines is 1. The molecule has 2 aromatic rings. The van der Waals surface area contributed by atoms with E-state index in [0.717, 1.165) is 25.0 Å². The molecule has 1 aliphatic heterocycles. The number of carbonyl (C=O) groups is 4. The van der Waals surface area contributed by atoms with Gasteiger partial charge in [-0.05, 0) is 67.6 Å². The summed E-state index contributed by atoms with van der Waals surface area (Å²) in [5.74, 6) is -8.43. The maximum atomic E-state index is 15.5. The molecule has 2 fully saturated rings. The van der Waals surface area contributed by atoms with Crippen LogP contribution in [0.1, 0.15) is 68.6 Å². The van der Waals surface area contributed by atoms with Crippen molar-refractivity contribution >= 4 is 41.3 Å². The largest absolute Gasteiger partial charge is 0.350 e. The van der Waals surface area contributed by atoms with Gasteiger partial charge < -0.3 is 20.4 Å². The molecule has 14 heteroatoms. The minimum Gasteiger partial charge on any atom is -0.344 e. The van der Waals surface area contributed by atoms with Gasteiger partial charge in [0.1, 0.15) is 17.1 Å². The lowest BCUT2D eigenvalue weighted by Gasteiger charge is -2.36. The number of hydrogen-bond donors (Lipinski definition) is 3. The predicted octanol–water partition coefficient (Wildman–Crippen LogP) is 4.52. The topological polar surface area (TPSA) is 135 Å². The SMILES string of the molecule is CCC(=O)N[C@@H](C(=O)N1CCN(C)CC1)[C@@H](C)c1ccc(NC(=O)[C@@H](SNC(=O)C(F)(F)c2cccc(C#N)c2)C2CCCC2)c(F)c1. The molecule has 10 nitrogen and oxygen atoms in total. The summed E-state index contributed by atoms with van der Waals surface area (Å²) in [6, 6.07) is 9.55. The van der Waals surface area contributed by atoms with E-state index < -0.39 is 46.3 Å². The first-order valence-corrected chi connectivity index (χ1v) is 16.9. The minimum absolute atomic E-state index is 0.0267. The van der Waals surface area contributed by atoms with E-state index in [9.17, 15) is 28.0 Å². The molecule has 0 aromatic heterocycles. The van der Waals surface area contributed by atoms with Gasteiger partial charge in [-0.2, -0.15) is 14.0 Å². The highest BCUT2D eigenvalue weighted by atomic mass is 32.2. The fourth-order valence-corrected chi connectivity index (χ4v) is 6.92. The summed E-state index contributed by atoms with van der Waals surface area (Å²) in [5.41, 5.74) is -0.393. The molecule has 0 radical (unpaired) electrons. The van der Waals surface area contributed by atoms with E-state index in [4.69, 9.17) is 5.26 Å². The van der Waals surface area contributed by atoms with Crippen LogP contribution in [0.25, 0.3) is 0 Å². The van der Waals surface area contributed by atoms with Gasteiger partial charge in [0, 0.05) is 44.1 Å². The molecule has 3 N–H and O–H groups in total. The first-order valence-electron chi connectivity index (χ1n) is 16.1. The summed E-state index contributed by atoms with van der Waals surface area (Å²) in [7, 11) is 1.96. The first kappa shape index (κ1) is 36.7. The highest BCUT2D eigenvalue weighted by Crippen LogP contribution is 2.36. The Labute approximate surface area is 282 Å². The Morgan fingerprint density at radius 1 is 1.06 bits per heavy atom. The Kier molecular flexibility index (Phi) is 12.5. The number of nitrogens with zero attached hydrogens (tertiary/aromatic N) is 3. The second-order valence-corrected chi connectivity index (χ2v) is 13.3. The first-order chi connectivity index (χ1) is 22.8. The van der Waals surface area contributed by atoms with Gasteiger partial charge in [-0.25, -0.2) is 4.39 Å². The molecule has 0 spiro atoms.